The summed E-state index contributed by atoms with van der Waals surface area (Å²) in [6, 6.07) is 0. The first-order valence-corrected chi connectivity index (χ1v) is 7.04. The number of carbonyl (C=O) groups is 1. The Hall–Kier alpha value is -0.910. The molecule has 0 bridgehead atoms. The fraction of sp³-hybridized carbons (Fsp3) is 0.786. The molecular weight excluding hydrogens is 248 g/mol. The molecule has 0 unspecified atom stereocenters. The molecule has 0 aromatic rings. The molecule has 4 aliphatic rings. The second-order valence-corrected chi connectivity index (χ2v) is 5.77. The van der Waals surface area contributed by atoms with Crippen molar-refractivity contribution in [3.05, 3.63) is 11.6 Å². The van der Waals surface area contributed by atoms with Crippen LogP contribution >= 0.6 is 0 Å². The maximum Gasteiger partial charge on any atom is 0.336 e. The van der Waals surface area contributed by atoms with Crippen LogP contribution in [0.15, 0.2) is 11.6 Å². The van der Waals surface area contributed by atoms with Gasteiger partial charge in [0.05, 0.1) is 12.7 Å². The SMILES string of the molecule is COC(=O)C1=C[C@@H]2OC3(CCCCC3)O[C@@H]2[C@H]2O[C@@H]12. The van der Waals surface area contributed by atoms with Gasteiger partial charge >= 0.3 is 5.97 Å². The van der Waals surface area contributed by atoms with Crippen LogP contribution in [0.2, 0.25) is 0 Å². The standard InChI is InChI=1S/C14H18O5/c1-16-13(15)8-7-9-11(12-10(8)17-12)19-14(18-9)5-3-2-4-6-14/h7,9-12H,2-6H2,1H3/t9-,10-,11-,12-/m0/s1. The quantitative estimate of drug-likeness (QED) is 0.529. The molecule has 104 valence electrons. The van der Waals surface area contributed by atoms with Crippen LogP contribution in [0.25, 0.3) is 0 Å². The first-order chi connectivity index (χ1) is 9.22. The zero-order valence-corrected chi connectivity index (χ0v) is 11.0. The number of esters is 1. The third kappa shape index (κ3) is 1.75. The van der Waals surface area contributed by atoms with Crippen LogP contribution in [0.1, 0.15) is 32.1 Å². The van der Waals surface area contributed by atoms with E-state index in [2.05, 4.69) is 0 Å². The molecule has 0 aromatic heterocycles. The number of carbonyl (C=O) groups excluding carboxylic acids is 1. The van der Waals surface area contributed by atoms with E-state index in [4.69, 9.17) is 18.9 Å². The molecule has 1 spiro atoms. The Morgan fingerprint density at radius 3 is 2.79 bits per heavy atom. The molecule has 0 radical (unpaired) electrons. The lowest BCUT2D eigenvalue weighted by molar-refractivity contribution is -0.192. The van der Waals surface area contributed by atoms with Crippen molar-refractivity contribution in [2.24, 2.45) is 0 Å². The number of hydrogen-bond donors (Lipinski definition) is 0. The number of fused-ring (bicyclic) bond motifs is 3. The average molecular weight is 266 g/mol. The molecule has 3 fully saturated rings. The summed E-state index contributed by atoms with van der Waals surface area (Å²) in [4.78, 5) is 11.7. The molecule has 1 saturated carbocycles. The van der Waals surface area contributed by atoms with Crippen LogP contribution in [-0.2, 0) is 23.7 Å². The third-order valence-electron chi connectivity index (χ3n) is 4.56. The summed E-state index contributed by atoms with van der Waals surface area (Å²) in [6.45, 7) is 0. The second kappa shape index (κ2) is 4.04. The Morgan fingerprint density at radius 2 is 2.05 bits per heavy atom. The van der Waals surface area contributed by atoms with Crippen molar-refractivity contribution in [2.45, 2.75) is 62.3 Å². The van der Waals surface area contributed by atoms with Gasteiger partial charge in [-0.15, -0.1) is 0 Å². The molecule has 0 amide bonds. The highest BCUT2D eigenvalue weighted by Gasteiger charge is 2.62. The Morgan fingerprint density at radius 1 is 1.26 bits per heavy atom. The Kier molecular flexibility index (Phi) is 2.53. The van der Waals surface area contributed by atoms with Crippen LogP contribution in [0.4, 0.5) is 0 Å². The van der Waals surface area contributed by atoms with E-state index in [0.29, 0.717) is 5.57 Å². The fourth-order valence-corrected chi connectivity index (χ4v) is 3.56. The van der Waals surface area contributed by atoms with Gasteiger partial charge in [0.25, 0.3) is 0 Å². The summed E-state index contributed by atoms with van der Waals surface area (Å²) < 4.78 is 22.7. The fourth-order valence-electron chi connectivity index (χ4n) is 3.56. The van der Waals surface area contributed by atoms with E-state index in [1.54, 1.807) is 0 Å². The van der Waals surface area contributed by atoms with Crippen molar-refractivity contribution in [1.82, 2.24) is 0 Å². The van der Waals surface area contributed by atoms with Crippen molar-refractivity contribution >= 4 is 5.97 Å². The molecule has 4 rings (SSSR count). The Labute approximate surface area is 111 Å². The summed E-state index contributed by atoms with van der Waals surface area (Å²) in [5.74, 6) is -0.759. The predicted octanol–water partition coefficient (Wildman–Crippen LogP) is 1.31. The van der Waals surface area contributed by atoms with Crippen LogP contribution in [0.5, 0.6) is 0 Å². The molecule has 0 aromatic carbocycles. The number of epoxide rings is 1. The summed E-state index contributed by atoms with van der Waals surface area (Å²) in [5, 5.41) is 0. The van der Waals surface area contributed by atoms with Gasteiger partial charge in [0.15, 0.2) is 5.79 Å². The van der Waals surface area contributed by atoms with Crippen LogP contribution < -0.4 is 0 Å². The molecule has 2 aliphatic heterocycles. The Bertz CT molecular complexity index is 437. The van der Waals surface area contributed by atoms with Gasteiger partial charge in [-0.1, -0.05) is 6.42 Å². The van der Waals surface area contributed by atoms with E-state index in [1.807, 2.05) is 6.08 Å². The van der Waals surface area contributed by atoms with Gasteiger partial charge in [-0.3, -0.25) is 0 Å². The van der Waals surface area contributed by atoms with Crippen molar-refractivity contribution in [2.75, 3.05) is 7.11 Å². The summed E-state index contributed by atoms with van der Waals surface area (Å²) >= 11 is 0. The molecule has 5 nitrogen and oxygen atoms in total. The number of ether oxygens (including phenoxy) is 4. The monoisotopic (exact) mass is 266 g/mol. The molecule has 2 heterocycles. The summed E-state index contributed by atoms with van der Waals surface area (Å²) in [7, 11) is 1.39. The largest absolute Gasteiger partial charge is 0.466 e. The summed E-state index contributed by atoms with van der Waals surface area (Å²) in [5.41, 5.74) is 0.588. The smallest absolute Gasteiger partial charge is 0.336 e. The van der Waals surface area contributed by atoms with Gasteiger partial charge in [0.1, 0.15) is 24.4 Å². The van der Waals surface area contributed by atoms with Crippen LogP contribution in [-0.4, -0.2) is 43.3 Å². The number of hydrogen-bond acceptors (Lipinski definition) is 5. The van der Waals surface area contributed by atoms with Gasteiger partial charge in [-0.25, -0.2) is 4.79 Å². The first-order valence-electron chi connectivity index (χ1n) is 7.04. The minimum Gasteiger partial charge on any atom is -0.466 e. The van der Waals surface area contributed by atoms with Crippen molar-refractivity contribution < 1.29 is 23.7 Å². The number of rotatable bonds is 1. The molecular formula is C14H18O5. The highest BCUT2D eigenvalue weighted by Crippen LogP contribution is 2.49. The first kappa shape index (κ1) is 11.9. The zero-order valence-electron chi connectivity index (χ0n) is 11.0. The van der Waals surface area contributed by atoms with Crippen molar-refractivity contribution in [1.29, 1.82) is 0 Å². The maximum absolute atomic E-state index is 11.7. The van der Waals surface area contributed by atoms with Crippen molar-refractivity contribution in [3.63, 3.8) is 0 Å². The second-order valence-electron chi connectivity index (χ2n) is 5.77. The highest BCUT2D eigenvalue weighted by molar-refractivity contribution is 5.90. The molecule has 0 N–H and O–H groups in total. The zero-order chi connectivity index (χ0) is 13.0. The third-order valence-corrected chi connectivity index (χ3v) is 4.56. The van der Waals surface area contributed by atoms with Crippen LogP contribution in [0, 0.1) is 0 Å². The lowest BCUT2D eigenvalue weighted by Gasteiger charge is -2.31. The Balaban J connectivity index is 1.59. The van der Waals surface area contributed by atoms with E-state index in [1.165, 1.54) is 13.5 Å². The predicted molar refractivity (Wildman–Crippen MR) is 64.3 cm³/mol. The van der Waals surface area contributed by atoms with Gasteiger partial charge in [0.2, 0.25) is 0 Å². The minimum atomic E-state index is -0.438. The number of methoxy groups -OCH3 is 1. The van der Waals surface area contributed by atoms with E-state index >= 15 is 0 Å². The maximum atomic E-state index is 11.7. The van der Waals surface area contributed by atoms with E-state index in [9.17, 15) is 4.79 Å². The van der Waals surface area contributed by atoms with Crippen molar-refractivity contribution in [3.8, 4) is 0 Å². The minimum absolute atomic E-state index is 0.0367. The van der Waals surface area contributed by atoms with Crippen LogP contribution in [0.3, 0.4) is 0 Å². The molecule has 5 heteroatoms. The van der Waals surface area contributed by atoms with Gasteiger partial charge < -0.3 is 18.9 Å². The van der Waals surface area contributed by atoms with E-state index < -0.39 is 5.79 Å². The van der Waals surface area contributed by atoms with Gasteiger partial charge in [-0.05, 0) is 18.9 Å². The highest BCUT2D eigenvalue weighted by atomic mass is 16.8. The topological polar surface area (TPSA) is 57.3 Å². The normalized spacial score (nSPS) is 42.3. The lowest BCUT2D eigenvalue weighted by atomic mass is 9.94. The van der Waals surface area contributed by atoms with E-state index in [0.717, 1.165) is 25.7 Å². The lowest BCUT2D eigenvalue weighted by Crippen LogP contribution is -2.35. The molecule has 4 atom stereocenters. The molecule has 2 aliphatic carbocycles. The molecule has 19 heavy (non-hydrogen) atoms. The molecule has 2 saturated heterocycles. The van der Waals surface area contributed by atoms with Gasteiger partial charge in [0, 0.05) is 12.8 Å². The average Bonchev–Trinajstić information content (AvgIpc) is 3.15. The summed E-state index contributed by atoms with van der Waals surface area (Å²) in [6.07, 6.45) is 6.83. The van der Waals surface area contributed by atoms with E-state index in [-0.39, 0.29) is 30.4 Å². The van der Waals surface area contributed by atoms with Gasteiger partial charge in [-0.2, -0.15) is 0 Å².